The average Bonchev–Trinajstić information content (AvgIpc) is 2.53. The molecule has 0 bridgehead atoms. The molecule has 1 aromatic rings. The molecule has 25 heavy (non-hydrogen) atoms. The molecule has 1 rings (SSSR count). The molecule has 1 atom stereocenters. The van der Waals surface area contributed by atoms with Gasteiger partial charge in [0, 0.05) is 13.0 Å². The summed E-state index contributed by atoms with van der Waals surface area (Å²) >= 11 is 0. The van der Waals surface area contributed by atoms with E-state index in [9.17, 15) is 13.2 Å². The predicted octanol–water partition coefficient (Wildman–Crippen LogP) is 1.09. The van der Waals surface area contributed by atoms with E-state index in [2.05, 4.69) is 4.18 Å². The Bertz CT molecular complexity index is 612. The Morgan fingerprint density at radius 3 is 2.24 bits per heavy atom. The summed E-state index contributed by atoms with van der Waals surface area (Å²) < 4.78 is 42.7. The van der Waals surface area contributed by atoms with Crippen molar-refractivity contribution in [1.29, 1.82) is 0 Å². The number of rotatable bonds is 13. The molecule has 0 aromatic heterocycles. The van der Waals surface area contributed by atoms with Crippen molar-refractivity contribution in [2.24, 2.45) is 0 Å². The van der Waals surface area contributed by atoms with Crippen LogP contribution in [0.4, 0.5) is 0 Å². The van der Waals surface area contributed by atoms with Gasteiger partial charge in [-0.15, -0.1) is 0 Å². The first-order valence-corrected chi connectivity index (χ1v) is 9.61. The highest BCUT2D eigenvalue weighted by Crippen LogP contribution is 2.15. The normalized spacial score (nSPS) is 12.7. The molecule has 0 spiro atoms. The van der Waals surface area contributed by atoms with Crippen molar-refractivity contribution in [1.82, 2.24) is 0 Å². The van der Waals surface area contributed by atoms with Gasteiger partial charge in [-0.25, -0.2) is 4.79 Å². The van der Waals surface area contributed by atoms with E-state index in [0.717, 1.165) is 6.26 Å². The SMILES string of the molecule is CCOCCOCCOc1ccc(CC(OS(C)(=O)=O)C(=O)O)cc1. The second-order valence-corrected chi connectivity index (χ2v) is 6.73. The zero-order chi connectivity index (χ0) is 18.7. The van der Waals surface area contributed by atoms with Gasteiger partial charge in [0.2, 0.25) is 0 Å². The van der Waals surface area contributed by atoms with Gasteiger partial charge in [-0.05, 0) is 24.6 Å². The third-order valence-electron chi connectivity index (χ3n) is 2.98. The lowest BCUT2D eigenvalue weighted by Crippen LogP contribution is -2.28. The number of benzene rings is 1. The van der Waals surface area contributed by atoms with Crippen molar-refractivity contribution in [3.63, 3.8) is 0 Å². The van der Waals surface area contributed by atoms with Crippen molar-refractivity contribution in [2.45, 2.75) is 19.4 Å². The molecule has 8 nitrogen and oxygen atoms in total. The number of carboxylic acids is 1. The molecule has 0 aliphatic rings. The summed E-state index contributed by atoms with van der Waals surface area (Å²) in [5.74, 6) is -0.733. The summed E-state index contributed by atoms with van der Waals surface area (Å²) in [7, 11) is -3.85. The first kappa shape index (κ1) is 21.4. The topological polar surface area (TPSA) is 108 Å². The lowest BCUT2D eigenvalue weighted by Gasteiger charge is -2.12. The largest absolute Gasteiger partial charge is 0.491 e. The Morgan fingerprint density at radius 2 is 1.68 bits per heavy atom. The van der Waals surface area contributed by atoms with Crippen LogP contribution in [-0.4, -0.2) is 64.9 Å². The van der Waals surface area contributed by atoms with Crippen molar-refractivity contribution >= 4 is 16.1 Å². The van der Waals surface area contributed by atoms with Crippen molar-refractivity contribution < 1.29 is 36.7 Å². The van der Waals surface area contributed by atoms with E-state index < -0.39 is 22.2 Å². The van der Waals surface area contributed by atoms with Crippen LogP contribution >= 0.6 is 0 Å². The first-order valence-electron chi connectivity index (χ1n) is 7.80. The van der Waals surface area contributed by atoms with Gasteiger partial charge in [-0.3, -0.25) is 4.18 Å². The molecule has 142 valence electrons. The van der Waals surface area contributed by atoms with Crippen LogP contribution in [0.25, 0.3) is 0 Å². The van der Waals surface area contributed by atoms with Crippen LogP contribution in [0.5, 0.6) is 5.75 Å². The molecule has 9 heteroatoms. The van der Waals surface area contributed by atoms with Crippen LogP contribution in [0, 0.1) is 0 Å². The Kier molecular flexibility index (Phi) is 9.43. The van der Waals surface area contributed by atoms with Gasteiger partial charge < -0.3 is 19.3 Å². The molecule has 0 amide bonds. The van der Waals surface area contributed by atoms with Gasteiger partial charge in [-0.1, -0.05) is 12.1 Å². The summed E-state index contributed by atoms with van der Waals surface area (Å²) in [5.41, 5.74) is 0.622. The van der Waals surface area contributed by atoms with Gasteiger partial charge in [0.1, 0.15) is 12.4 Å². The van der Waals surface area contributed by atoms with Crippen molar-refractivity contribution in [3.8, 4) is 5.75 Å². The van der Waals surface area contributed by atoms with E-state index in [-0.39, 0.29) is 6.42 Å². The third-order valence-corrected chi connectivity index (χ3v) is 3.57. The van der Waals surface area contributed by atoms with Crippen LogP contribution in [-0.2, 0) is 35.0 Å². The van der Waals surface area contributed by atoms with Gasteiger partial charge in [0.25, 0.3) is 10.1 Å². The fraction of sp³-hybridized carbons (Fsp3) is 0.562. The number of ether oxygens (including phenoxy) is 3. The molecule has 0 aliphatic heterocycles. The minimum atomic E-state index is -3.85. The van der Waals surface area contributed by atoms with Crippen LogP contribution in [0.2, 0.25) is 0 Å². The molecule has 0 heterocycles. The van der Waals surface area contributed by atoms with Gasteiger partial charge in [0.15, 0.2) is 6.10 Å². The van der Waals surface area contributed by atoms with Crippen molar-refractivity contribution in [3.05, 3.63) is 29.8 Å². The lowest BCUT2D eigenvalue weighted by molar-refractivity contribution is -0.144. The van der Waals surface area contributed by atoms with E-state index in [4.69, 9.17) is 19.3 Å². The number of hydrogen-bond acceptors (Lipinski definition) is 7. The summed E-state index contributed by atoms with van der Waals surface area (Å²) in [6.07, 6.45) is -0.708. The Morgan fingerprint density at radius 1 is 1.08 bits per heavy atom. The number of carboxylic acid groups (broad SMARTS) is 1. The van der Waals surface area contributed by atoms with Crippen LogP contribution in [0.3, 0.4) is 0 Å². The molecule has 1 N–H and O–H groups in total. The fourth-order valence-electron chi connectivity index (χ4n) is 1.89. The standard InChI is InChI=1S/C16H24O8S/c1-3-21-8-9-22-10-11-23-14-6-4-13(5-7-14)12-15(16(17)18)24-25(2,19)20/h4-7,15H,3,8-12H2,1-2H3,(H,17,18). The smallest absolute Gasteiger partial charge is 0.334 e. The molecule has 0 aliphatic carbocycles. The molecule has 0 radical (unpaired) electrons. The minimum Gasteiger partial charge on any atom is -0.491 e. The first-order chi connectivity index (χ1) is 11.8. The van der Waals surface area contributed by atoms with E-state index in [1.165, 1.54) is 0 Å². The van der Waals surface area contributed by atoms with E-state index >= 15 is 0 Å². The minimum absolute atomic E-state index is 0.0662. The monoisotopic (exact) mass is 376 g/mol. The second kappa shape index (κ2) is 11.0. The van der Waals surface area contributed by atoms with Gasteiger partial charge >= 0.3 is 5.97 Å². The van der Waals surface area contributed by atoms with E-state index in [1.807, 2.05) is 6.92 Å². The zero-order valence-electron chi connectivity index (χ0n) is 14.3. The quantitative estimate of drug-likeness (QED) is 0.403. The summed E-state index contributed by atoms with van der Waals surface area (Å²) in [6, 6.07) is 6.67. The number of hydrogen-bond donors (Lipinski definition) is 1. The maximum absolute atomic E-state index is 11.1. The summed E-state index contributed by atoms with van der Waals surface area (Å²) in [5, 5.41) is 9.04. The predicted molar refractivity (Wildman–Crippen MR) is 90.3 cm³/mol. The molecule has 1 unspecified atom stereocenters. The highest BCUT2D eigenvalue weighted by atomic mass is 32.2. The molecule has 0 saturated heterocycles. The van der Waals surface area contributed by atoms with Crippen LogP contribution < -0.4 is 4.74 Å². The summed E-state index contributed by atoms with van der Waals surface area (Å²) in [4.78, 5) is 11.1. The molecule has 0 saturated carbocycles. The highest BCUT2D eigenvalue weighted by Gasteiger charge is 2.23. The molecule has 1 aromatic carbocycles. The average molecular weight is 376 g/mol. The molecular formula is C16H24O8S. The summed E-state index contributed by atoms with van der Waals surface area (Å²) in [6.45, 7) is 4.43. The third kappa shape index (κ3) is 10.0. The fourth-order valence-corrected chi connectivity index (χ4v) is 2.46. The maximum Gasteiger partial charge on any atom is 0.334 e. The van der Waals surface area contributed by atoms with E-state index in [1.54, 1.807) is 24.3 Å². The Labute approximate surface area is 147 Å². The molecule has 0 fully saturated rings. The van der Waals surface area contributed by atoms with Crippen LogP contribution in [0.15, 0.2) is 24.3 Å². The molecular weight excluding hydrogens is 352 g/mol. The number of aliphatic carboxylic acids is 1. The van der Waals surface area contributed by atoms with Crippen LogP contribution in [0.1, 0.15) is 12.5 Å². The maximum atomic E-state index is 11.1. The van der Waals surface area contributed by atoms with E-state index in [0.29, 0.717) is 44.3 Å². The zero-order valence-corrected chi connectivity index (χ0v) is 15.2. The van der Waals surface area contributed by atoms with Gasteiger partial charge in [-0.2, -0.15) is 8.42 Å². The highest BCUT2D eigenvalue weighted by molar-refractivity contribution is 7.86. The Hall–Kier alpha value is -1.68. The Balaban J connectivity index is 2.40. The second-order valence-electron chi connectivity index (χ2n) is 5.13. The van der Waals surface area contributed by atoms with Crippen molar-refractivity contribution in [2.75, 3.05) is 39.3 Å². The van der Waals surface area contributed by atoms with Gasteiger partial charge in [0.05, 0.1) is 26.1 Å². The number of carbonyl (C=O) groups is 1. The lowest BCUT2D eigenvalue weighted by atomic mass is 10.1.